The molecule has 1 aromatic heterocycles. The molecule has 0 unspecified atom stereocenters. The van der Waals surface area contributed by atoms with Crippen LogP contribution in [0.4, 0.5) is 5.69 Å². The lowest BCUT2D eigenvalue weighted by molar-refractivity contribution is -0.120. The lowest BCUT2D eigenvalue weighted by atomic mass is 9.98. The number of aromatic nitrogens is 2. The van der Waals surface area contributed by atoms with Crippen LogP contribution in [0.3, 0.4) is 0 Å². The molecule has 0 bridgehead atoms. The highest BCUT2D eigenvalue weighted by Gasteiger charge is 2.24. The van der Waals surface area contributed by atoms with E-state index in [-0.39, 0.29) is 11.8 Å². The number of imidazole rings is 1. The smallest absolute Gasteiger partial charge is 0.229 e. The third-order valence-electron chi connectivity index (χ3n) is 3.64. The van der Waals surface area contributed by atoms with Crippen LogP contribution in [0.1, 0.15) is 12.2 Å². The van der Waals surface area contributed by atoms with Crippen molar-refractivity contribution in [2.45, 2.75) is 19.4 Å². The van der Waals surface area contributed by atoms with E-state index in [1.165, 1.54) is 0 Å². The van der Waals surface area contributed by atoms with E-state index < -0.39 is 0 Å². The second-order valence-corrected chi connectivity index (χ2v) is 4.95. The number of methoxy groups -OCH3 is 1. The summed E-state index contributed by atoms with van der Waals surface area (Å²) in [6.07, 6.45) is 5.41. The fourth-order valence-corrected chi connectivity index (χ4v) is 2.53. The molecular weight excluding hydrogens is 254 g/mol. The number of nitrogens with one attached hydrogen (secondary N) is 1. The van der Waals surface area contributed by atoms with Gasteiger partial charge < -0.3 is 14.6 Å². The molecule has 0 saturated heterocycles. The van der Waals surface area contributed by atoms with E-state index in [2.05, 4.69) is 14.9 Å². The number of fused-ring (bicyclic) bond motifs is 1. The van der Waals surface area contributed by atoms with E-state index in [4.69, 9.17) is 4.74 Å². The first-order chi connectivity index (χ1) is 9.76. The Morgan fingerprint density at radius 1 is 1.50 bits per heavy atom. The van der Waals surface area contributed by atoms with E-state index in [0.29, 0.717) is 6.54 Å². The van der Waals surface area contributed by atoms with Gasteiger partial charge in [0, 0.05) is 37.1 Å². The average molecular weight is 271 g/mol. The molecule has 0 radical (unpaired) electrons. The summed E-state index contributed by atoms with van der Waals surface area (Å²) in [5, 5.41) is 2.96. The number of ether oxygens (including phenoxy) is 1. The first-order valence-corrected chi connectivity index (χ1v) is 6.71. The molecule has 0 saturated carbocycles. The first kappa shape index (κ1) is 12.7. The van der Waals surface area contributed by atoms with Crippen molar-refractivity contribution in [2.75, 3.05) is 12.4 Å². The number of amides is 1. The molecule has 2 aromatic rings. The SMILES string of the molecule is COc1cccc(NC(=O)[C@H]2CCc3nccn3C2)c1. The van der Waals surface area contributed by atoms with Crippen LogP contribution >= 0.6 is 0 Å². The third-order valence-corrected chi connectivity index (χ3v) is 3.64. The predicted molar refractivity (Wildman–Crippen MR) is 75.7 cm³/mol. The molecule has 1 aliphatic heterocycles. The molecule has 1 aromatic carbocycles. The van der Waals surface area contributed by atoms with Crippen molar-refractivity contribution in [3.8, 4) is 5.75 Å². The molecule has 5 nitrogen and oxygen atoms in total. The summed E-state index contributed by atoms with van der Waals surface area (Å²) < 4.78 is 7.21. The lowest BCUT2D eigenvalue weighted by Gasteiger charge is -2.23. The highest BCUT2D eigenvalue weighted by molar-refractivity contribution is 5.92. The number of benzene rings is 1. The van der Waals surface area contributed by atoms with Crippen molar-refractivity contribution in [3.63, 3.8) is 0 Å². The normalized spacial score (nSPS) is 17.4. The van der Waals surface area contributed by atoms with Crippen molar-refractivity contribution in [1.29, 1.82) is 0 Å². The van der Waals surface area contributed by atoms with Crippen LogP contribution in [-0.2, 0) is 17.8 Å². The monoisotopic (exact) mass is 271 g/mol. The number of nitrogens with zero attached hydrogens (tertiary/aromatic N) is 2. The summed E-state index contributed by atoms with van der Waals surface area (Å²) in [5.74, 6) is 1.85. The third kappa shape index (κ3) is 2.52. The Balaban J connectivity index is 1.68. The Morgan fingerprint density at radius 2 is 2.40 bits per heavy atom. The van der Waals surface area contributed by atoms with Crippen molar-refractivity contribution in [3.05, 3.63) is 42.5 Å². The van der Waals surface area contributed by atoms with Gasteiger partial charge in [0.2, 0.25) is 5.91 Å². The quantitative estimate of drug-likeness (QED) is 0.930. The minimum atomic E-state index is -0.0112. The summed E-state index contributed by atoms with van der Waals surface area (Å²) in [7, 11) is 1.61. The second kappa shape index (κ2) is 5.36. The Morgan fingerprint density at radius 3 is 3.25 bits per heavy atom. The van der Waals surface area contributed by atoms with Gasteiger partial charge in [0.15, 0.2) is 0 Å². The minimum absolute atomic E-state index is 0.0112. The number of rotatable bonds is 3. The van der Waals surface area contributed by atoms with Crippen molar-refractivity contribution in [2.24, 2.45) is 5.92 Å². The number of anilines is 1. The zero-order chi connectivity index (χ0) is 13.9. The maximum Gasteiger partial charge on any atom is 0.229 e. The van der Waals surface area contributed by atoms with Gasteiger partial charge in [-0.3, -0.25) is 4.79 Å². The van der Waals surface area contributed by atoms with E-state index in [0.717, 1.165) is 30.1 Å². The molecule has 1 aliphatic rings. The molecule has 5 heteroatoms. The molecule has 1 N–H and O–H groups in total. The summed E-state index contributed by atoms with van der Waals surface area (Å²) in [6.45, 7) is 0.700. The van der Waals surface area contributed by atoms with Gasteiger partial charge in [0.05, 0.1) is 13.0 Å². The Hall–Kier alpha value is -2.30. The van der Waals surface area contributed by atoms with Crippen LogP contribution in [0.25, 0.3) is 0 Å². The molecule has 0 fully saturated rings. The number of aryl methyl sites for hydroxylation is 1. The maximum atomic E-state index is 12.3. The van der Waals surface area contributed by atoms with E-state index in [1.54, 1.807) is 13.3 Å². The molecule has 1 amide bonds. The molecule has 0 aliphatic carbocycles. The predicted octanol–water partition coefficient (Wildman–Crippen LogP) is 2.09. The number of hydrogen-bond acceptors (Lipinski definition) is 3. The maximum absolute atomic E-state index is 12.3. The molecular formula is C15H17N3O2. The summed E-state index contributed by atoms with van der Waals surface area (Å²) >= 11 is 0. The highest BCUT2D eigenvalue weighted by Crippen LogP contribution is 2.22. The van der Waals surface area contributed by atoms with Crippen LogP contribution in [0.5, 0.6) is 5.75 Å². The number of carbonyl (C=O) groups is 1. The summed E-state index contributed by atoms with van der Waals surface area (Å²) in [5.41, 5.74) is 0.769. The first-order valence-electron chi connectivity index (χ1n) is 6.71. The van der Waals surface area contributed by atoms with Crippen molar-refractivity contribution < 1.29 is 9.53 Å². The van der Waals surface area contributed by atoms with Gasteiger partial charge in [-0.05, 0) is 18.6 Å². The highest BCUT2D eigenvalue weighted by atomic mass is 16.5. The standard InChI is InChI=1S/C15H17N3O2/c1-20-13-4-2-3-12(9-13)17-15(19)11-5-6-14-16-7-8-18(14)10-11/h2-4,7-9,11H,5-6,10H2,1H3,(H,17,19)/t11-/m0/s1. The summed E-state index contributed by atoms with van der Waals surface area (Å²) in [6, 6.07) is 7.41. The van der Waals surface area contributed by atoms with E-state index in [1.807, 2.05) is 30.5 Å². The van der Waals surface area contributed by atoms with Gasteiger partial charge in [0.1, 0.15) is 11.6 Å². The van der Waals surface area contributed by atoms with Gasteiger partial charge in [-0.15, -0.1) is 0 Å². The zero-order valence-electron chi connectivity index (χ0n) is 11.4. The molecule has 2 heterocycles. The van der Waals surface area contributed by atoms with Crippen LogP contribution in [0.15, 0.2) is 36.7 Å². The van der Waals surface area contributed by atoms with E-state index in [9.17, 15) is 4.79 Å². The fourth-order valence-electron chi connectivity index (χ4n) is 2.53. The molecule has 20 heavy (non-hydrogen) atoms. The number of carbonyl (C=O) groups excluding carboxylic acids is 1. The Labute approximate surface area is 117 Å². The topological polar surface area (TPSA) is 56.1 Å². The molecule has 3 rings (SSSR count). The molecule has 1 atom stereocenters. The van der Waals surface area contributed by atoms with Gasteiger partial charge in [-0.2, -0.15) is 0 Å². The van der Waals surface area contributed by atoms with Gasteiger partial charge >= 0.3 is 0 Å². The van der Waals surface area contributed by atoms with E-state index >= 15 is 0 Å². The van der Waals surface area contributed by atoms with Gasteiger partial charge in [0.25, 0.3) is 0 Å². The molecule has 104 valence electrons. The zero-order valence-corrected chi connectivity index (χ0v) is 11.4. The average Bonchev–Trinajstić information content (AvgIpc) is 2.94. The fraction of sp³-hybridized carbons (Fsp3) is 0.333. The van der Waals surface area contributed by atoms with Crippen LogP contribution < -0.4 is 10.1 Å². The second-order valence-electron chi connectivity index (χ2n) is 4.95. The van der Waals surface area contributed by atoms with Crippen LogP contribution in [-0.4, -0.2) is 22.6 Å². The van der Waals surface area contributed by atoms with Gasteiger partial charge in [-0.25, -0.2) is 4.98 Å². The lowest BCUT2D eigenvalue weighted by Crippen LogP contribution is -2.31. The van der Waals surface area contributed by atoms with Crippen molar-refractivity contribution in [1.82, 2.24) is 9.55 Å². The van der Waals surface area contributed by atoms with Crippen LogP contribution in [0, 0.1) is 5.92 Å². The minimum Gasteiger partial charge on any atom is -0.497 e. The van der Waals surface area contributed by atoms with Crippen LogP contribution in [0.2, 0.25) is 0 Å². The molecule has 0 spiro atoms. The largest absolute Gasteiger partial charge is 0.497 e. The Kier molecular flexibility index (Phi) is 3.41. The number of hydrogen-bond donors (Lipinski definition) is 1. The van der Waals surface area contributed by atoms with Crippen molar-refractivity contribution >= 4 is 11.6 Å². The summed E-state index contributed by atoms with van der Waals surface area (Å²) in [4.78, 5) is 16.6. The Bertz CT molecular complexity index is 621. The van der Waals surface area contributed by atoms with Gasteiger partial charge in [-0.1, -0.05) is 6.07 Å².